The second-order valence-electron chi connectivity index (χ2n) is 3.77. The first-order valence-corrected chi connectivity index (χ1v) is 4.86. The molecule has 1 aromatic carbocycles. The summed E-state index contributed by atoms with van der Waals surface area (Å²) in [5.41, 5.74) is 2.41. The van der Waals surface area contributed by atoms with Gasteiger partial charge in [0.25, 0.3) is 0 Å². The molecule has 0 aliphatic rings. The van der Waals surface area contributed by atoms with Crippen LogP contribution >= 0.6 is 0 Å². The van der Waals surface area contributed by atoms with Gasteiger partial charge in [-0.3, -0.25) is 4.68 Å². The standard InChI is InChI=1S/C12H14N2O/c1-8(2)12(15)11-9-6-4-5-7-10(9)14(3)13-11/h4-7,12,15H,1H2,2-3H3. The van der Waals surface area contributed by atoms with Crippen molar-refractivity contribution in [3.05, 3.63) is 42.1 Å². The van der Waals surface area contributed by atoms with Crippen LogP contribution in [0.3, 0.4) is 0 Å². The highest BCUT2D eigenvalue weighted by Gasteiger charge is 2.16. The van der Waals surface area contributed by atoms with Gasteiger partial charge in [-0.15, -0.1) is 0 Å². The monoisotopic (exact) mass is 202 g/mol. The second kappa shape index (κ2) is 3.51. The Morgan fingerprint density at radius 1 is 1.47 bits per heavy atom. The number of nitrogens with zero attached hydrogens (tertiary/aromatic N) is 2. The van der Waals surface area contributed by atoms with E-state index >= 15 is 0 Å². The van der Waals surface area contributed by atoms with Crippen molar-refractivity contribution >= 4 is 10.9 Å². The molecule has 0 radical (unpaired) electrons. The van der Waals surface area contributed by atoms with E-state index in [0.717, 1.165) is 10.9 Å². The van der Waals surface area contributed by atoms with E-state index in [1.807, 2.05) is 31.3 Å². The van der Waals surface area contributed by atoms with E-state index in [1.165, 1.54) is 0 Å². The molecule has 1 N–H and O–H groups in total. The molecule has 2 aromatic rings. The molecule has 1 unspecified atom stereocenters. The van der Waals surface area contributed by atoms with Gasteiger partial charge in [-0.2, -0.15) is 5.10 Å². The minimum absolute atomic E-state index is 0.681. The molecular weight excluding hydrogens is 188 g/mol. The van der Waals surface area contributed by atoms with E-state index in [2.05, 4.69) is 11.7 Å². The fourth-order valence-electron chi connectivity index (χ4n) is 1.68. The maximum atomic E-state index is 9.93. The SMILES string of the molecule is C=C(C)C(O)c1nn(C)c2ccccc12. The highest BCUT2D eigenvalue weighted by atomic mass is 16.3. The van der Waals surface area contributed by atoms with Crippen LogP contribution in [0.25, 0.3) is 10.9 Å². The third kappa shape index (κ3) is 1.55. The van der Waals surface area contributed by atoms with Gasteiger partial charge < -0.3 is 5.11 Å². The molecule has 3 heteroatoms. The number of para-hydroxylation sites is 1. The Morgan fingerprint density at radius 3 is 2.80 bits per heavy atom. The highest BCUT2D eigenvalue weighted by Crippen LogP contribution is 2.26. The molecule has 0 bridgehead atoms. The molecule has 0 aliphatic heterocycles. The van der Waals surface area contributed by atoms with E-state index in [0.29, 0.717) is 11.3 Å². The lowest BCUT2D eigenvalue weighted by atomic mass is 10.1. The zero-order valence-electron chi connectivity index (χ0n) is 8.94. The summed E-state index contributed by atoms with van der Waals surface area (Å²) in [5, 5.41) is 15.2. The largest absolute Gasteiger partial charge is 0.382 e. The first-order chi connectivity index (χ1) is 7.11. The molecule has 78 valence electrons. The Labute approximate surface area is 88.6 Å². The molecule has 0 amide bonds. The molecule has 2 rings (SSSR count). The quantitative estimate of drug-likeness (QED) is 0.758. The number of hydrogen-bond acceptors (Lipinski definition) is 2. The predicted molar refractivity (Wildman–Crippen MR) is 60.5 cm³/mol. The van der Waals surface area contributed by atoms with E-state index in [-0.39, 0.29) is 0 Å². The maximum Gasteiger partial charge on any atom is 0.119 e. The zero-order valence-corrected chi connectivity index (χ0v) is 8.94. The third-order valence-electron chi connectivity index (χ3n) is 2.51. The lowest BCUT2D eigenvalue weighted by Gasteiger charge is -2.06. The maximum absolute atomic E-state index is 9.93. The van der Waals surface area contributed by atoms with Crippen molar-refractivity contribution in [1.29, 1.82) is 0 Å². The van der Waals surface area contributed by atoms with Gasteiger partial charge in [-0.05, 0) is 18.6 Å². The van der Waals surface area contributed by atoms with Gasteiger partial charge in [-0.1, -0.05) is 24.8 Å². The number of fused-ring (bicyclic) bond motifs is 1. The Bertz CT molecular complexity index is 513. The van der Waals surface area contributed by atoms with E-state index < -0.39 is 6.10 Å². The summed E-state index contributed by atoms with van der Waals surface area (Å²) < 4.78 is 1.77. The van der Waals surface area contributed by atoms with Crippen molar-refractivity contribution in [2.75, 3.05) is 0 Å². The molecule has 0 spiro atoms. The summed E-state index contributed by atoms with van der Waals surface area (Å²) >= 11 is 0. The predicted octanol–water partition coefficient (Wildman–Crippen LogP) is 2.18. The molecule has 1 atom stereocenters. The number of aliphatic hydroxyl groups is 1. The number of benzene rings is 1. The molecule has 1 aromatic heterocycles. The number of aryl methyl sites for hydroxylation is 1. The molecule has 3 nitrogen and oxygen atoms in total. The number of aliphatic hydroxyl groups excluding tert-OH is 1. The van der Waals surface area contributed by atoms with Crippen LogP contribution in [0.15, 0.2) is 36.4 Å². The number of hydrogen-bond donors (Lipinski definition) is 1. The van der Waals surface area contributed by atoms with Crippen LogP contribution in [0.1, 0.15) is 18.7 Å². The minimum Gasteiger partial charge on any atom is -0.382 e. The first-order valence-electron chi connectivity index (χ1n) is 4.86. The molecule has 15 heavy (non-hydrogen) atoms. The Morgan fingerprint density at radius 2 is 2.13 bits per heavy atom. The van der Waals surface area contributed by atoms with Gasteiger partial charge in [0, 0.05) is 12.4 Å². The number of rotatable bonds is 2. The van der Waals surface area contributed by atoms with Crippen LogP contribution < -0.4 is 0 Å². The highest BCUT2D eigenvalue weighted by molar-refractivity contribution is 5.82. The first kappa shape index (κ1) is 9.93. The number of aromatic nitrogens is 2. The van der Waals surface area contributed by atoms with E-state index in [4.69, 9.17) is 0 Å². The topological polar surface area (TPSA) is 38.1 Å². The normalized spacial score (nSPS) is 13.0. The lowest BCUT2D eigenvalue weighted by Crippen LogP contribution is -2.00. The average molecular weight is 202 g/mol. The summed E-state index contributed by atoms with van der Waals surface area (Å²) in [6.45, 7) is 5.55. The van der Waals surface area contributed by atoms with E-state index in [9.17, 15) is 5.11 Å². The van der Waals surface area contributed by atoms with Crippen LogP contribution in [-0.2, 0) is 7.05 Å². The van der Waals surface area contributed by atoms with Gasteiger partial charge in [0.1, 0.15) is 11.8 Å². The Kier molecular flexibility index (Phi) is 2.32. The van der Waals surface area contributed by atoms with Crippen molar-refractivity contribution in [3.8, 4) is 0 Å². The van der Waals surface area contributed by atoms with Crippen LogP contribution in [0.4, 0.5) is 0 Å². The summed E-state index contributed by atoms with van der Waals surface area (Å²) in [4.78, 5) is 0. The van der Waals surface area contributed by atoms with Crippen LogP contribution in [-0.4, -0.2) is 14.9 Å². The molecule has 0 saturated carbocycles. The molecule has 0 fully saturated rings. The fraction of sp³-hybridized carbons (Fsp3) is 0.250. The zero-order chi connectivity index (χ0) is 11.0. The third-order valence-corrected chi connectivity index (χ3v) is 2.51. The molecule has 0 aliphatic carbocycles. The molecular formula is C12H14N2O. The molecule has 1 heterocycles. The summed E-state index contributed by atoms with van der Waals surface area (Å²) in [6.07, 6.45) is -0.684. The van der Waals surface area contributed by atoms with Crippen molar-refractivity contribution in [3.63, 3.8) is 0 Å². The van der Waals surface area contributed by atoms with Gasteiger partial charge in [0.2, 0.25) is 0 Å². The van der Waals surface area contributed by atoms with Crippen molar-refractivity contribution in [2.45, 2.75) is 13.0 Å². The Hall–Kier alpha value is -1.61. The van der Waals surface area contributed by atoms with Crippen LogP contribution in [0.5, 0.6) is 0 Å². The molecule has 0 saturated heterocycles. The van der Waals surface area contributed by atoms with Crippen molar-refractivity contribution in [1.82, 2.24) is 9.78 Å². The van der Waals surface area contributed by atoms with Crippen LogP contribution in [0.2, 0.25) is 0 Å². The second-order valence-corrected chi connectivity index (χ2v) is 3.77. The summed E-state index contributed by atoms with van der Waals surface area (Å²) in [5.74, 6) is 0. The summed E-state index contributed by atoms with van der Waals surface area (Å²) in [7, 11) is 1.87. The van der Waals surface area contributed by atoms with Crippen LogP contribution in [0, 0.1) is 0 Å². The van der Waals surface area contributed by atoms with Gasteiger partial charge >= 0.3 is 0 Å². The van der Waals surface area contributed by atoms with Gasteiger partial charge in [0.15, 0.2) is 0 Å². The lowest BCUT2D eigenvalue weighted by molar-refractivity contribution is 0.212. The van der Waals surface area contributed by atoms with E-state index in [1.54, 1.807) is 11.6 Å². The van der Waals surface area contributed by atoms with Gasteiger partial charge in [0.05, 0.1) is 5.52 Å². The van der Waals surface area contributed by atoms with Gasteiger partial charge in [-0.25, -0.2) is 0 Å². The summed E-state index contributed by atoms with van der Waals surface area (Å²) in [6, 6.07) is 7.85. The smallest absolute Gasteiger partial charge is 0.119 e. The Balaban J connectivity index is 2.67. The fourth-order valence-corrected chi connectivity index (χ4v) is 1.68. The average Bonchev–Trinajstić information content (AvgIpc) is 2.56. The minimum atomic E-state index is -0.684. The van der Waals surface area contributed by atoms with Crippen molar-refractivity contribution < 1.29 is 5.11 Å². The van der Waals surface area contributed by atoms with Crippen molar-refractivity contribution in [2.24, 2.45) is 7.05 Å².